The molecule has 2 N–H and O–H groups in total. The van der Waals surface area contributed by atoms with Gasteiger partial charge in [0.2, 0.25) is 0 Å². The van der Waals surface area contributed by atoms with Crippen molar-refractivity contribution in [3.63, 3.8) is 0 Å². The minimum atomic E-state index is -0.447. The van der Waals surface area contributed by atoms with Crippen LogP contribution in [-0.2, 0) is 9.47 Å². The first-order chi connectivity index (χ1) is 7.56. The van der Waals surface area contributed by atoms with Gasteiger partial charge in [-0.2, -0.15) is 0 Å². The van der Waals surface area contributed by atoms with E-state index in [4.69, 9.17) is 14.6 Å². The first-order valence-electron chi connectivity index (χ1n) is 6.11. The van der Waals surface area contributed by atoms with Crippen LogP contribution in [0.4, 0.5) is 0 Å². The maximum atomic E-state index is 9.51. The van der Waals surface area contributed by atoms with Gasteiger partial charge in [0.25, 0.3) is 0 Å². The molecular weight excluding hydrogens is 208 g/mol. The molecule has 98 valence electrons. The van der Waals surface area contributed by atoms with E-state index in [9.17, 15) is 5.11 Å². The van der Waals surface area contributed by atoms with Crippen LogP contribution in [0.1, 0.15) is 40.0 Å². The van der Waals surface area contributed by atoms with Gasteiger partial charge in [-0.3, -0.25) is 0 Å². The minimum absolute atomic E-state index is 0.0482. The third-order valence-corrected chi connectivity index (χ3v) is 2.18. The standard InChI is InChI=1S/C12H26O4/c1-4-5-6-12(14)9-15-8-11(3)16-7-10(2)13/h10-14H,4-9H2,1-3H3. The Balaban J connectivity index is 3.35. The Kier molecular flexibility index (Phi) is 9.92. The van der Waals surface area contributed by atoms with Crippen molar-refractivity contribution < 1.29 is 19.7 Å². The van der Waals surface area contributed by atoms with Crippen molar-refractivity contribution in [3.05, 3.63) is 0 Å². The summed E-state index contributed by atoms with van der Waals surface area (Å²) in [6.45, 7) is 6.81. The Labute approximate surface area is 98.6 Å². The Bertz CT molecular complexity index is 150. The highest BCUT2D eigenvalue weighted by atomic mass is 16.5. The lowest BCUT2D eigenvalue weighted by Crippen LogP contribution is -2.24. The van der Waals surface area contributed by atoms with E-state index >= 15 is 0 Å². The first kappa shape index (κ1) is 15.8. The van der Waals surface area contributed by atoms with Crippen LogP contribution in [0.2, 0.25) is 0 Å². The average Bonchev–Trinajstić information content (AvgIpc) is 2.23. The lowest BCUT2D eigenvalue weighted by Gasteiger charge is -2.16. The Morgan fingerprint density at radius 3 is 2.31 bits per heavy atom. The Morgan fingerprint density at radius 1 is 1.06 bits per heavy atom. The quantitative estimate of drug-likeness (QED) is 0.599. The van der Waals surface area contributed by atoms with Crippen LogP contribution in [0.15, 0.2) is 0 Å². The molecule has 0 heterocycles. The van der Waals surface area contributed by atoms with Gasteiger partial charge in [0.05, 0.1) is 38.1 Å². The average molecular weight is 234 g/mol. The highest BCUT2D eigenvalue weighted by Crippen LogP contribution is 2.01. The summed E-state index contributed by atoms with van der Waals surface area (Å²) >= 11 is 0. The van der Waals surface area contributed by atoms with E-state index in [1.54, 1.807) is 6.92 Å². The van der Waals surface area contributed by atoms with Crippen molar-refractivity contribution in [1.82, 2.24) is 0 Å². The van der Waals surface area contributed by atoms with Gasteiger partial charge >= 0.3 is 0 Å². The molecule has 0 spiro atoms. The molecule has 0 aliphatic carbocycles. The van der Waals surface area contributed by atoms with E-state index in [1.165, 1.54) is 0 Å². The van der Waals surface area contributed by atoms with Crippen LogP contribution < -0.4 is 0 Å². The SMILES string of the molecule is CCCCC(O)COCC(C)OCC(C)O. The maximum Gasteiger partial charge on any atom is 0.0781 e. The van der Waals surface area contributed by atoms with Crippen molar-refractivity contribution in [2.45, 2.75) is 58.3 Å². The largest absolute Gasteiger partial charge is 0.391 e. The zero-order valence-electron chi connectivity index (χ0n) is 10.7. The second-order valence-electron chi connectivity index (χ2n) is 4.33. The van der Waals surface area contributed by atoms with Crippen LogP contribution in [-0.4, -0.2) is 48.3 Å². The summed E-state index contributed by atoms with van der Waals surface area (Å²) in [6, 6.07) is 0. The summed E-state index contributed by atoms with van der Waals surface area (Å²) in [6.07, 6.45) is 2.04. The van der Waals surface area contributed by atoms with Crippen LogP contribution in [0.25, 0.3) is 0 Å². The Morgan fingerprint density at radius 2 is 1.75 bits per heavy atom. The van der Waals surface area contributed by atoms with Gasteiger partial charge in [0.1, 0.15) is 0 Å². The second kappa shape index (κ2) is 10.0. The number of aliphatic hydroxyl groups excluding tert-OH is 2. The van der Waals surface area contributed by atoms with Crippen molar-refractivity contribution >= 4 is 0 Å². The number of aliphatic hydroxyl groups is 2. The van der Waals surface area contributed by atoms with Crippen molar-refractivity contribution in [2.24, 2.45) is 0 Å². The predicted octanol–water partition coefficient (Wildman–Crippen LogP) is 1.34. The molecule has 0 aliphatic heterocycles. The van der Waals surface area contributed by atoms with Gasteiger partial charge in [0, 0.05) is 0 Å². The number of ether oxygens (including phenoxy) is 2. The minimum Gasteiger partial charge on any atom is -0.391 e. The van der Waals surface area contributed by atoms with E-state index < -0.39 is 6.10 Å². The second-order valence-corrected chi connectivity index (χ2v) is 4.33. The molecule has 0 aromatic heterocycles. The summed E-state index contributed by atoms with van der Waals surface area (Å²) in [4.78, 5) is 0. The lowest BCUT2D eigenvalue weighted by atomic mass is 10.2. The summed E-state index contributed by atoms with van der Waals surface area (Å²) in [7, 11) is 0. The summed E-state index contributed by atoms with van der Waals surface area (Å²) in [5.41, 5.74) is 0. The molecule has 0 aromatic carbocycles. The fraction of sp³-hybridized carbons (Fsp3) is 1.00. The molecule has 0 fully saturated rings. The smallest absolute Gasteiger partial charge is 0.0781 e. The molecule has 0 bridgehead atoms. The molecule has 4 heteroatoms. The molecule has 0 amide bonds. The number of rotatable bonds is 10. The third-order valence-electron chi connectivity index (χ3n) is 2.18. The molecular formula is C12H26O4. The number of unbranched alkanes of at least 4 members (excludes halogenated alkanes) is 1. The van der Waals surface area contributed by atoms with E-state index in [0.29, 0.717) is 19.8 Å². The van der Waals surface area contributed by atoms with E-state index in [1.807, 2.05) is 6.92 Å². The van der Waals surface area contributed by atoms with Gasteiger partial charge in [-0.05, 0) is 20.3 Å². The van der Waals surface area contributed by atoms with Crippen molar-refractivity contribution in [3.8, 4) is 0 Å². The monoisotopic (exact) mass is 234 g/mol. The number of hydrogen-bond acceptors (Lipinski definition) is 4. The predicted molar refractivity (Wildman–Crippen MR) is 63.4 cm³/mol. The fourth-order valence-electron chi connectivity index (χ4n) is 1.24. The fourth-order valence-corrected chi connectivity index (χ4v) is 1.24. The third kappa shape index (κ3) is 10.4. The molecule has 0 saturated carbocycles. The zero-order chi connectivity index (χ0) is 12.4. The lowest BCUT2D eigenvalue weighted by molar-refractivity contribution is -0.0523. The van der Waals surface area contributed by atoms with E-state index in [0.717, 1.165) is 19.3 Å². The van der Waals surface area contributed by atoms with Crippen molar-refractivity contribution in [2.75, 3.05) is 19.8 Å². The number of hydrogen-bond donors (Lipinski definition) is 2. The van der Waals surface area contributed by atoms with Gasteiger partial charge in [-0.15, -0.1) is 0 Å². The van der Waals surface area contributed by atoms with Crippen LogP contribution in [0.5, 0.6) is 0 Å². The molecule has 4 nitrogen and oxygen atoms in total. The van der Waals surface area contributed by atoms with Gasteiger partial charge in [-0.1, -0.05) is 19.8 Å². The highest BCUT2D eigenvalue weighted by molar-refractivity contribution is 4.55. The molecule has 16 heavy (non-hydrogen) atoms. The molecule has 3 unspecified atom stereocenters. The summed E-state index contributed by atoms with van der Waals surface area (Å²) < 4.78 is 10.6. The first-order valence-corrected chi connectivity index (χ1v) is 6.11. The molecule has 0 radical (unpaired) electrons. The van der Waals surface area contributed by atoms with Crippen LogP contribution >= 0.6 is 0 Å². The zero-order valence-corrected chi connectivity index (χ0v) is 10.7. The highest BCUT2D eigenvalue weighted by Gasteiger charge is 2.07. The van der Waals surface area contributed by atoms with Gasteiger partial charge in [-0.25, -0.2) is 0 Å². The molecule has 3 atom stereocenters. The molecule has 0 saturated heterocycles. The van der Waals surface area contributed by atoms with E-state index in [2.05, 4.69) is 6.92 Å². The molecule has 0 rings (SSSR count). The maximum absolute atomic E-state index is 9.51. The van der Waals surface area contributed by atoms with Crippen LogP contribution in [0, 0.1) is 0 Å². The normalized spacial score (nSPS) is 17.1. The molecule has 0 aromatic rings. The Hall–Kier alpha value is -0.160. The van der Waals surface area contributed by atoms with Crippen LogP contribution in [0.3, 0.4) is 0 Å². The topological polar surface area (TPSA) is 58.9 Å². The van der Waals surface area contributed by atoms with E-state index in [-0.39, 0.29) is 12.2 Å². The summed E-state index contributed by atoms with van der Waals surface area (Å²) in [5.74, 6) is 0. The molecule has 0 aliphatic rings. The van der Waals surface area contributed by atoms with Gasteiger partial charge in [0.15, 0.2) is 0 Å². The summed E-state index contributed by atoms with van der Waals surface area (Å²) in [5, 5.41) is 18.5. The van der Waals surface area contributed by atoms with Gasteiger partial charge < -0.3 is 19.7 Å². The van der Waals surface area contributed by atoms with Crippen molar-refractivity contribution in [1.29, 1.82) is 0 Å².